The Hall–Kier alpha value is -1.94. The lowest BCUT2D eigenvalue weighted by Gasteiger charge is -2.21. The molecule has 0 rings (SSSR count). The van der Waals surface area contributed by atoms with E-state index < -0.39 is 97.5 Å². The second-order valence-corrected chi connectivity index (χ2v) is 29.0. The molecule has 0 aliphatic rings. The molecule has 0 heterocycles. The summed E-state index contributed by atoms with van der Waals surface area (Å²) in [6, 6.07) is 0. The number of phosphoric ester groups is 2. The molecule has 19 heteroatoms. The van der Waals surface area contributed by atoms with Crippen LogP contribution in [-0.2, 0) is 65.4 Å². The topological polar surface area (TPSA) is 237 Å². The van der Waals surface area contributed by atoms with E-state index in [-0.39, 0.29) is 25.7 Å². The van der Waals surface area contributed by atoms with Gasteiger partial charge in [-0.2, -0.15) is 0 Å². The minimum Gasteiger partial charge on any atom is -0.462 e. The highest BCUT2D eigenvalue weighted by Gasteiger charge is 2.30. The quantitative estimate of drug-likeness (QED) is 0.0222. The predicted octanol–water partition coefficient (Wildman–Crippen LogP) is 20.5. The molecule has 0 aromatic heterocycles. The molecule has 534 valence electrons. The molecule has 0 saturated carbocycles. The minimum absolute atomic E-state index is 0.105. The molecule has 0 radical (unpaired) electrons. The van der Waals surface area contributed by atoms with Crippen molar-refractivity contribution in [2.45, 2.75) is 387 Å². The zero-order chi connectivity index (χ0) is 66.3. The van der Waals surface area contributed by atoms with Crippen LogP contribution < -0.4 is 0 Å². The van der Waals surface area contributed by atoms with Crippen LogP contribution in [0.25, 0.3) is 0 Å². The predicted molar refractivity (Wildman–Crippen MR) is 363 cm³/mol. The number of aliphatic hydroxyl groups excluding tert-OH is 1. The number of carbonyl (C=O) groups is 4. The van der Waals surface area contributed by atoms with Crippen LogP contribution in [0, 0.1) is 5.92 Å². The van der Waals surface area contributed by atoms with Gasteiger partial charge in [0.2, 0.25) is 0 Å². The number of rotatable bonds is 71. The maximum absolute atomic E-state index is 13.0. The first-order chi connectivity index (χ1) is 43.5. The van der Waals surface area contributed by atoms with Crippen molar-refractivity contribution in [1.82, 2.24) is 0 Å². The van der Waals surface area contributed by atoms with Crippen LogP contribution in [0.5, 0.6) is 0 Å². The maximum Gasteiger partial charge on any atom is 0.472 e. The summed E-state index contributed by atoms with van der Waals surface area (Å²) in [6.45, 7) is 7.22. The molecule has 0 amide bonds. The van der Waals surface area contributed by atoms with Crippen LogP contribution in [0.3, 0.4) is 0 Å². The van der Waals surface area contributed by atoms with Gasteiger partial charge in [0.1, 0.15) is 19.3 Å². The highest BCUT2D eigenvalue weighted by molar-refractivity contribution is 7.47. The summed E-state index contributed by atoms with van der Waals surface area (Å²) in [5.41, 5.74) is 0. The Labute approximate surface area is 549 Å². The van der Waals surface area contributed by atoms with Gasteiger partial charge in [-0.1, -0.05) is 317 Å². The van der Waals surface area contributed by atoms with Crippen molar-refractivity contribution in [2.75, 3.05) is 39.6 Å². The summed E-state index contributed by atoms with van der Waals surface area (Å²) >= 11 is 0. The van der Waals surface area contributed by atoms with Gasteiger partial charge < -0.3 is 33.8 Å². The van der Waals surface area contributed by atoms with E-state index >= 15 is 0 Å². The van der Waals surface area contributed by atoms with E-state index in [0.717, 1.165) is 115 Å². The first-order valence-electron chi connectivity index (χ1n) is 37.1. The SMILES string of the molecule is CCCCCCCCCCCCCCCCCCC(=O)OC[C@H](COP(=O)(O)OC[C@@H](O)COP(=O)(O)OC[C@@H](COC(=O)CCCCCCCCC)OC(=O)CCCCCCCCCC)OC(=O)CCCCCCCCCCCCCCCCCCC(C)C. The lowest BCUT2D eigenvalue weighted by atomic mass is 10.0. The van der Waals surface area contributed by atoms with Crippen LogP contribution >= 0.6 is 15.6 Å². The number of phosphoric acid groups is 2. The number of ether oxygens (including phenoxy) is 4. The molecule has 5 atom stereocenters. The lowest BCUT2D eigenvalue weighted by molar-refractivity contribution is -0.161. The van der Waals surface area contributed by atoms with Crippen LogP contribution in [0.4, 0.5) is 0 Å². The van der Waals surface area contributed by atoms with E-state index in [1.165, 1.54) is 173 Å². The summed E-state index contributed by atoms with van der Waals surface area (Å²) in [5.74, 6) is -1.32. The van der Waals surface area contributed by atoms with Gasteiger partial charge in [-0.15, -0.1) is 0 Å². The fraction of sp³-hybridized carbons (Fsp3) is 0.944. The lowest BCUT2D eigenvalue weighted by Crippen LogP contribution is -2.30. The molecule has 0 aliphatic heterocycles. The Bertz CT molecular complexity index is 1740. The van der Waals surface area contributed by atoms with Gasteiger partial charge in [0.15, 0.2) is 12.2 Å². The van der Waals surface area contributed by atoms with Crippen molar-refractivity contribution in [2.24, 2.45) is 5.92 Å². The van der Waals surface area contributed by atoms with E-state index in [1.807, 2.05) is 0 Å². The maximum atomic E-state index is 13.0. The summed E-state index contributed by atoms with van der Waals surface area (Å²) in [5, 5.41) is 10.6. The number of aliphatic hydroxyl groups is 1. The van der Waals surface area contributed by atoms with Gasteiger partial charge in [0.25, 0.3) is 0 Å². The molecule has 0 aliphatic carbocycles. The first kappa shape index (κ1) is 88.1. The Balaban J connectivity index is 5.15. The van der Waals surface area contributed by atoms with Gasteiger partial charge in [-0.05, 0) is 31.6 Å². The summed E-state index contributed by atoms with van der Waals surface area (Å²) in [7, 11) is -9.89. The number of hydrogen-bond donors (Lipinski definition) is 3. The van der Waals surface area contributed by atoms with Crippen molar-refractivity contribution in [3.8, 4) is 0 Å². The van der Waals surface area contributed by atoms with E-state index in [9.17, 15) is 43.2 Å². The van der Waals surface area contributed by atoms with Crippen LogP contribution in [0.15, 0.2) is 0 Å². The molecule has 0 bridgehead atoms. The van der Waals surface area contributed by atoms with Gasteiger partial charge >= 0.3 is 39.5 Å². The van der Waals surface area contributed by atoms with Crippen molar-refractivity contribution >= 4 is 39.5 Å². The Morgan fingerprint density at radius 3 is 0.756 bits per heavy atom. The molecule has 0 spiro atoms. The molecule has 0 aromatic rings. The van der Waals surface area contributed by atoms with Gasteiger partial charge in [-0.25, -0.2) is 9.13 Å². The number of unbranched alkanes of at least 4 members (excludes halogenated alkanes) is 43. The molecule has 0 fully saturated rings. The van der Waals surface area contributed by atoms with E-state index in [2.05, 4.69) is 34.6 Å². The standard InChI is InChI=1S/C71H138O17P2/c1-6-9-12-15-18-20-21-22-23-27-30-33-36-41-45-50-55-69(74)82-61-67(88-71(76)57-52-47-42-37-34-31-28-25-24-26-29-32-35-39-43-48-53-64(4)5)63-86-90(79,80)84-59-65(72)58-83-89(77,78)85-62-66(60-81-68(73)54-49-44-38-17-14-11-8-3)87-70(75)56-51-46-40-19-16-13-10-7-2/h64-67,72H,6-63H2,1-5H3,(H,77,78)(H,79,80)/t65-,66+,67+/m0/s1. The normalized spacial score (nSPS) is 14.1. The second kappa shape index (κ2) is 64.4. The van der Waals surface area contributed by atoms with E-state index in [4.69, 9.17) is 37.0 Å². The van der Waals surface area contributed by atoms with E-state index in [0.29, 0.717) is 25.7 Å². The van der Waals surface area contributed by atoms with E-state index in [1.54, 1.807) is 0 Å². The third-order valence-corrected chi connectivity index (χ3v) is 18.4. The highest BCUT2D eigenvalue weighted by atomic mass is 31.2. The number of esters is 4. The second-order valence-electron chi connectivity index (χ2n) is 26.1. The monoisotopic (exact) mass is 1320 g/mol. The molecule has 90 heavy (non-hydrogen) atoms. The fourth-order valence-corrected chi connectivity index (χ4v) is 12.4. The molecule has 2 unspecified atom stereocenters. The van der Waals surface area contributed by atoms with Crippen LogP contribution in [0.2, 0.25) is 0 Å². The molecule has 0 saturated heterocycles. The molecule has 17 nitrogen and oxygen atoms in total. The van der Waals surface area contributed by atoms with Gasteiger partial charge in [0, 0.05) is 25.7 Å². The molecule has 0 aromatic carbocycles. The average molecular weight is 1330 g/mol. The summed E-state index contributed by atoms with van der Waals surface area (Å²) in [6.07, 6.45) is 51.6. The Morgan fingerprint density at radius 1 is 0.300 bits per heavy atom. The zero-order valence-corrected chi connectivity index (χ0v) is 60.1. The third kappa shape index (κ3) is 64.8. The van der Waals surface area contributed by atoms with Crippen molar-refractivity contribution in [1.29, 1.82) is 0 Å². The van der Waals surface area contributed by atoms with Crippen LogP contribution in [0.1, 0.15) is 369 Å². The largest absolute Gasteiger partial charge is 0.472 e. The Kier molecular flexibility index (Phi) is 63.0. The summed E-state index contributed by atoms with van der Waals surface area (Å²) in [4.78, 5) is 72.3. The number of carbonyl (C=O) groups excluding carboxylic acids is 4. The van der Waals surface area contributed by atoms with Gasteiger partial charge in [0.05, 0.1) is 26.4 Å². The highest BCUT2D eigenvalue weighted by Crippen LogP contribution is 2.45. The molecular formula is C71H138O17P2. The summed E-state index contributed by atoms with van der Waals surface area (Å²) < 4.78 is 68.1. The van der Waals surface area contributed by atoms with Crippen LogP contribution in [-0.4, -0.2) is 96.7 Å². The molecular weight excluding hydrogens is 1190 g/mol. The van der Waals surface area contributed by atoms with Crippen molar-refractivity contribution < 1.29 is 80.2 Å². The molecule has 3 N–H and O–H groups in total. The fourth-order valence-electron chi connectivity index (χ4n) is 10.8. The average Bonchev–Trinajstić information content (AvgIpc) is 3.51. The Morgan fingerprint density at radius 2 is 0.511 bits per heavy atom. The third-order valence-electron chi connectivity index (χ3n) is 16.5. The smallest absolute Gasteiger partial charge is 0.462 e. The van der Waals surface area contributed by atoms with Crippen molar-refractivity contribution in [3.05, 3.63) is 0 Å². The van der Waals surface area contributed by atoms with Crippen molar-refractivity contribution in [3.63, 3.8) is 0 Å². The zero-order valence-electron chi connectivity index (χ0n) is 58.3. The van der Waals surface area contributed by atoms with Gasteiger partial charge in [-0.3, -0.25) is 37.3 Å². The first-order valence-corrected chi connectivity index (χ1v) is 40.1. The minimum atomic E-state index is -4.95. The number of hydrogen-bond acceptors (Lipinski definition) is 15.